The lowest BCUT2D eigenvalue weighted by atomic mass is 9.96. The van der Waals surface area contributed by atoms with Crippen molar-refractivity contribution in [3.63, 3.8) is 0 Å². The molecule has 0 radical (unpaired) electrons. The zero-order valence-electron chi connectivity index (χ0n) is 22.4. The van der Waals surface area contributed by atoms with Gasteiger partial charge in [0.15, 0.2) is 0 Å². The topological polar surface area (TPSA) is 86.3 Å². The maximum absolute atomic E-state index is 12.0. The van der Waals surface area contributed by atoms with Crippen molar-refractivity contribution < 1.29 is 9.53 Å². The van der Waals surface area contributed by atoms with Crippen LogP contribution in [-0.4, -0.2) is 45.0 Å². The fourth-order valence-electron chi connectivity index (χ4n) is 5.72. The quantitative estimate of drug-likeness (QED) is 0.344. The third kappa shape index (κ3) is 5.26. The first kappa shape index (κ1) is 25.8. The molecule has 7 nitrogen and oxygen atoms in total. The fourth-order valence-corrected chi connectivity index (χ4v) is 5.72. The van der Waals surface area contributed by atoms with Gasteiger partial charge >= 0.3 is 0 Å². The van der Waals surface area contributed by atoms with Crippen LogP contribution in [0.25, 0.3) is 22.2 Å². The summed E-state index contributed by atoms with van der Waals surface area (Å²) >= 11 is 0. The van der Waals surface area contributed by atoms with Crippen LogP contribution in [0.5, 0.6) is 5.75 Å². The monoisotopic (exact) mass is 511 g/mol. The van der Waals surface area contributed by atoms with Gasteiger partial charge in [-0.2, -0.15) is 0 Å². The molecule has 7 heteroatoms. The van der Waals surface area contributed by atoms with E-state index in [9.17, 15) is 4.79 Å². The molecule has 1 aromatic carbocycles. The summed E-state index contributed by atoms with van der Waals surface area (Å²) in [7, 11) is 0. The molecule has 5 rings (SSSR count). The average molecular weight is 512 g/mol. The van der Waals surface area contributed by atoms with Crippen molar-refractivity contribution in [1.29, 1.82) is 0 Å². The number of benzene rings is 1. The number of amides is 1. The number of nitrogen functional groups attached to an aromatic ring is 1. The highest BCUT2D eigenvalue weighted by Crippen LogP contribution is 2.39. The Hall–Kier alpha value is -3.79. The summed E-state index contributed by atoms with van der Waals surface area (Å²) in [6.07, 6.45) is 9.74. The van der Waals surface area contributed by atoms with Crippen molar-refractivity contribution in [2.24, 2.45) is 11.8 Å². The van der Waals surface area contributed by atoms with E-state index in [2.05, 4.69) is 58.9 Å². The van der Waals surface area contributed by atoms with Crippen LogP contribution >= 0.6 is 0 Å². The summed E-state index contributed by atoms with van der Waals surface area (Å²) in [5, 5.41) is 0.830. The van der Waals surface area contributed by atoms with Gasteiger partial charge in [0, 0.05) is 30.6 Å². The number of hydrogen-bond donors (Lipinski definition) is 1. The number of rotatable bonds is 6. The van der Waals surface area contributed by atoms with Gasteiger partial charge in [-0.15, -0.1) is 0 Å². The Morgan fingerprint density at radius 1 is 1.16 bits per heavy atom. The number of hydrogen-bond acceptors (Lipinski definition) is 5. The number of fused-ring (bicyclic) bond motifs is 1. The highest BCUT2D eigenvalue weighted by molar-refractivity contribution is 6.03. The minimum absolute atomic E-state index is 0.0108. The largest absolute Gasteiger partial charge is 0.493 e. The highest BCUT2D eigenvalue weighted by Gasteiger charge is 2.24. The predicted octanol–water partition coefficient (Wildman–Crippen LogP) is 5.61. The first-order valence-corrected chi connectivity index (χ1v) is 13.8. The Kier molecular flexibility index (Phi) is 7.69. The van der Waals surface area contributed by atoms with Crippen LogP contribution in [-0.2, 0) is 4.79 Å². The maximum atomic E-state index is 12.0. The lowest BCUT2D eigenvalue weighted by Crippen LogP contribution is -2.37. The number of nitrogens with zero attached hydrogens (tertiary/aromatic N) is 4. The van der Waals surface area contributed by atoms with Crippen molar-refractivity contribution >= 4 is 22.8 Å². The van der Waals surface area contributed by atoms with E-state index in [-0.39, 0.29) is 17.9 Å². The molecule has 1 amide bonds. The van der Waals surface area contributed by atoms with Gasteiger partial charge in [-0.25, -0.2) is 9.97 Å². The molecule has 38 heavy (non-hydrogen) atoms. The molecule has 3 heterocycles. The summed E-state index contributed by atoms with van der Waals surface area (Å²) in [4.78, 5) is 22.8. The van der Waals surface area contributed by atoms with Gasteiger partial charge in [0.2, 0.25) is 5.91 Å². The van der Waals surface area contributed by atoms with Crippen LogP contribution in [0.2, 0.25) is 0 Å². The molecule has 0 spiro atoms. The Morgan fingerprint density at radius 3 is 2.53 bits per heavy atom. The maximum Gasteiger partial charge on any atom is 0.245 e. The lowest BCUT2D eigenvalue weighted by molar-refractivity contribution is -0.127. The molecule has 0 atom stereocenters. The zero-order chi connectivity index (χ0) is 26.6. The van der Waals surface area contributed by atoms with Crippen LogP contribution < -0.4 is 10.5 Å². The van der Waals surface area contributed by atoms with Crippen molar-refractivity contribution in [1.82, 2.24) is 19.4 Å². The van der Waals surface area contributed by atoms with Gasteiger partial charge in [-0.05, 0) is 75.1 Å². The number of ether oxygens (including phenoxy) is 1. The minimum Gasteiger partial charge on any atom is -0.493 e. The third-order valence-electron chi connectivity index (χ3n) is 7.81. The smallest absolute Gasteiger partial charge is 0.245 e. The number of carbonyl (C=O) groups excluding carboxylic acids is 1. The van der Waals surface area contributed by atoms with Crippen LogP contribution in [0.3, 0.4) is 0 Å². The molecule has 1 aliphatic heterocycles. The molecule has 2 N–H and O–H groups in total. The molecular formula is C31H37N5O2. The first-order chi connectivity index (χ1) is 18.5. The van der Waals surface area contributed by atoms with Crippen molar-refractivity contribution in [2.75, 3.05) is 25.4 Å². The van der Waals surface area contributed by atoms with E-state index in [1.165, 1.54) is 38.1 Å². The number of carbonyl (C=O) groups is 1. The van der Waals surface area contributed by atoms with Gasteiger partial charge in [0.25, 0.3) is 0 Å². The Balaban J connectivity index is 1.49. The van der Waals surface area contributed by atoms with Gasteiger partial charge in [0.05, 0.1) is 12.0 Å². The number of piperidine rings is 1. The number of likely N-dealkylation sites (tertiary alicyclic amines) is 1. The average Bonchev–Trinajstić information content (AvgIpc) is 3.57. The highest BCUT2D eigenvalue weighted by atomic mass is 16.5. The fraction of sp³-hybridized carbons (Fsp3) is 0.452. The van der Waals surface area contributed by atoms with Crippen molar-refractivity contribution in [3.05, 3.63) is 48.9 Å². The van der Waals surface area contributed by atoms with E-state index < -0.39 is 0 Å². The summed E-state index contributed by atoms with van der Waals surface area (Å²) in [6, 6.07) is 8.37. The normalized spacial score (nSPS) is 16.6. The first-order valence-electron chi connectivity index (χ1n) is 13.8. The molecule has 1 saturated heterocycles. The van der Waals surface area contributed by atoms with E-state index in [1.54, 1.807) is 0 Å². The van der Waals surface area contributed by atoms with Crippen LogP contribution in [0.1, 0.15) is 64.1 Å². The van der Waals surface area contributed by atoms with Crippen molar-refractivity contribution in [2.45, 2.75) is 58.4 Å². The second kappa shape index (κ2) is 11.3. The summed E-state index contributed by atoms with van der Waals surface area (Å²) in [6.45, 7) is 10.0. The van der Waals surface area contributed by atoms with E-state index in [0.717, 1.165) is 53.1 Å². The number of aromatic nitrogens is 3. The molecule has 0 unspecified atom stereocenters. The lowest BCUT2D eigenvalue weighted by Gasteiger charge is -2.28. The van der Waals surface area contributed by atoms with E-state index in [4.69, 9.17) is 10.5 Å². The summed E-state index contributed by atoms with van der Waals surface area (Å²) in [5.74, 6) is 9.23. The Morgan fingerprint density at radius 2 is 1.87 bits per heavy atom. The van der Waals surface area contributed by atoms with E-state index in [1.807, 2.05) is 17.0 Å². The summed E-state index contributed by atoms with van der Waals surface area (Å²) < 4.78 is 8.27. The number of anilines is 1. The molecule has 3 aromatic rings. The SMILES string of the molecule is C=CC(=O)N1CCC(C#Cc2c(-c3ccc(OCC4CCCC4)cc3)c3c(N)ncnc3n2C(C)C)CC1. The number of nitrogens with two attached hydrogens (primary N) is 1. The zero-order valence-corrected chi connectivity index (χ0v) is 22.4. The van der Waals surface area contributed by atoms with Crippen LogP contribution in [0.15, 0.2) is 43.2 Å². The van der Waals surface area contributed by atoms with Gasteiger partial charge < -0.3 is 19.9 Å². The second-order valence-corrected chi connectivity index (χ2v) is 10.7. The van der Waals surface area contributed by atoms with Crippen LogP contribution in [0.4, 0.5) is 5.82 Å². The third-order valence-corrected chi connectivity index (χ3v) is 7.81. The predicted molar refractivity (Wildman–Crippen MR) is 152 cm³/mol. The van der Waals surface area contributed by atoms with E-state index >= 15 is 0 Å². The molecular weight excluding hydrogens is 474 g/mol. The molecule has 0 bridgehead atoms. The molecule has 2 aliphatic rings. The minimum atomic E-state index is -0.0108. The molecule has 2 fully saturated rings. The molecule has 1 aliphatic carbocycles. The van der Waals surface area contributed by atoms with Gasteiger partial charge in [-0.1, -0.05) is 37.5 Å². The molecule has 2 aromatic heterocycles. The van der Waals surface area contributed by atoms with Gasteiger partial charge in [0.1, 0.15) is 29.2 Å². The van der Waals surface area contributed by atoms with Crippen LogP contribution in [0, 0.1) is 23.7 Å². The Bertz CT molecular complexity index is 1370. The van der Waals surface area contributed by atoms with E-state index in [0.29, 0.717) is 24.8 Å². The second-order valence-electron chi connectivity index (χ2n) is 10.7. The molecule has 1 saturated carbocycles. The van der Waals surface area contributed by atoms with Crippen molar-refractivity contribution in [3.8, 4) is 28.7 Å². The molecule has 198 valence electrons. The standard InChI is InChI=1S/C31H37N5O2/c1-4-27(37)35-17-15-22(16-18-35)9-14-26-28(29-30(32)33-20-34-31(29)36(26)21(2)3)24-10-12-25(13-11-24)38-19-23-7-5-6-8-23/h4,10-13,20-23H,1,5-8,15-19H2,2-3H3,(H2,32,33,34). The van der Waals surface area contributed by atoms with Gasteiger partial charge in [-0.3, -0.25) is 4.79 Å². The summed E-state index contributed by atoms with van der Waals surface area (Å²) in [5.41, 5.74) is 10.1. The Labute approximate surface area is 225 Å².